The molecule has 1 aromatic carbocycles. The van der Waals surface area contributed by atoms with Crippen LogP contribution in [0.25, 0.3) is 0 Å². The molecule has 0 aliphatic heterocycles. The number of esters is 1. The van der Waals surface area contributed by atoms with Crippen molar-refractivity contribution < 1.29 is 9.53 Å². The van der Waals surface area contributed by atoms with Crippen LogP contribution in [-0.4, -0.2) is 12.6 Å². The highest BCUT2D eigenvalue weighted by molar-refractivity contribution is 9.10. The summed E-state index contributed by atoms with van der Waals surface area (Å²) >= 11 is 3.39. The van der Waals surface area contributed by atoms with Gasteiger partial charge in [0.15, 0.2) is 0 Å². The highest BCUT2D eigenvalue weighted by Gasteiger charge is 2.11. The monoisotopic (exact) mass is 256 g/mol. The zero-order chi connectivity index (χ0) is 10.7. The third-order valence-electron chi connectivity index (χ3n) is 2.00. The predicted molar refractivity (Wildman–Crippen MR) is 59.6 cm³/mol. The average molecular weight is 257 g/mol. The average Bonchev–Trinajstić information content (AvgIpc) is 2.11. The number of carbonyl (C=O) groups excluding carboxylic acids is 1. The highest BCUT2D eigenvalue weighted by Crippen LogP contribution is 2.21. The normalized spacial score (nSPS) is 10.0. The molecule has 76 valence electrons. The molecular weight excluding hydrogens is 244 g/mol. The molecule has 0 spiro atoms. The lowest BCUT2D eigenvalue weighted by Crippen LogP contribution is -2.07. The molecule has 0 fully saturated rings. The molecule has 0 bridgehead atoms. The Bertz CT molecular complexity index is 359. The molecule has 0 aliphatic carbocycles. The molecule has 0 atom stereocenters. The number of rotatable bonds is 2. The Kier molecular flexibility index (Phi) is 3.69. The van der Waals surface area contributed by atoms with Crippen molar-refractivity contribution in [1.82, 2.24) is 0 Å². The Hall–Kier alpha value is -0.830. The molecule has 0 heterocycles. The van der Waals surface area contributed by atoms with Crippen LogP contribution in [0.5, 0.6) is 0 Å². The Morgan fingerprint density at radius 2 is 2.00 bits per heavy atom. The van der Waals surface area contributed by atoms with E-state index in [0.717, 1.165) is 15.6 Å². The molecule has 0 amide bonds. The molecular formula is C11H13BrO2. The van der Waals surface area contributed by atoms with E-state index < -0.39 is 0 Å². The van der Waals surface area contributed by atoms with Gasteiger partial charge in [-0.25, -0.2) is 4.79 Å². The Balaban J connectivity index is 3.09. The van der Waals surface area contributed by atoms with Crippen LogP contribution in [0.15, 0.2) is 16.6 Å². The van der Waals surface area contributed by atoms with Crippen LogP contribution in [-0.2, 0) is 4.74 Å². The first-order chi connectivity index (χ1) is 6.56. The van der Waals surface area contributed by atoms with E-state index >= 15 is 0 Å². The lowest BCUT2D eigenvalue weighted by Gasteiger charge is -2.07. The molecule has 1 aromatic rings. The van der Waals surface area contributed by atoms with E-state index in [4.69, 9.17) is 4.74 Å². The van der Waals surface area contributed by atoms with Gasteiger partial charge in [-0.1, -0.05) is 22.0 Å². The Morgan fingerprint density at radius 1 is 1.36 bits per heavy atom. The lowest BCUT2D eigenvalue weighted by molar-refractivity contribution is 0.0525. The number of hydrogen-bond donors (Lipinski definition) is 0. The van der Waals surface area contributed by atoms with Gasteiger partial charge in [-0.3, -0.25) is 0 Å². The molecule has 0 saturated heterocycles. The van der Waals surface area contributed by atoms with Crippen molar-refractivity contribution in [3.63, 3.8) is 0 Å². The summed E-state index contributed by atoms with van der Waals surface area (Å²) in [6.45, 7) is 6.11. The van der Waals surface area contributed by atoms with Crippen molar-refractivity contribution in [3.8, 4) is 0 Å². The topological polar surface area (TPSA) is 26.3 Å². The van der Waals surface area contributed by atoms with Crippen molar-refractivity contribution in [2.75, 3.05) is 6.61 Å². The molecule has 0 radical (unpaired) electrons. The third-order valence-corrected chi connectivity index (χ3v) is 2.86. The van der Waals surface area contributed by atoms with E-state index in [-0.39, 0.29) is 5.97 Å². The summed E-state index contributed by atoms with van der Waals surface area (Å²) in [7, 11) is 0. The number of benzene rings is 1. The van der Waals surface area contributed by atoms with Gasteiger partial charge in [-0.15, -0.1) is 0 Å². The minimum absolute atomic E-state index is 0.259. The summed E-state index contributed by atoms with van der Waals surface area (Å²) in [6, 6.07) is 3.78. The maximum absolute atomic E-state index is 11.5. The SMILES string of the molecule is CCOC(=O)c1cc(Br)c(C)cc1C. The molecule has 14 heavy (non-hydrogen) atoms. The second-order valence-corrected chi connectivity index (χ2v) is 3.99. The first-order valence-corrected chi connectivity index (χ1v) is 5.29. The van der Waals surface area contributed by atoms with Gasteiger partial charge in [0.1, 0.15) is 0 Å². The summed E-state index contributed by atoms with van der Waals surface area (Å²) in [5.41, 5.74) is 2.70. The molecule has 0 N–H and O–H groups in total. The summed E-state index contributed by atoms with van der Waals surface area (Å²) < 4.78 is 5.88. The number of ether oxygens (including phenoxy) is 1. The first kappa shape index (κ1) is 11.2. The minimum atomic E-state index is -0.259. The van der Waals surface area contributed by atoms with E-state index in [1.54, 1.807) is 6.92 Å². The zero-order valence-corrected chi connectivity index (χ0v) is 10.1. The van der Waals surface area contributed by atoms with Crippen LogP contribution in [0.3, 0.4) is 0 Å². The van der Waals surface area contributed by atoms with Crippen LogP contribution < -0.4 is 0 Å². The fourth-order valence-corrected chi connectivity index (χ4v) is 1.60. The predicted octanol–water partition coefficient (Wildman–Crippen LogP) is 3.24. The van der Waals surface area contributed by atoms with Crippen LogP contribution in [0, 0.1) is 13.8 Å². The van der Waals surface area contributed by atoms with Crippen molar-refractivity contribution >= 4 is 21.9 Å². The molecule has 0 unspecified atom stereocenters. The molecule has 2 nitrogen and oxygen atoms in total. The van der Waals surface area contributed by atoms with Crippen molar-refractivity contribution in [1.29, 1.82) is 0 Å². The van der Waals surface area contributed by atoms with Gasteiger partial charge in [0.25, 0.3) is 0 Å². The first-order valence-electron chi connectivity index (χ1n) is 4.50. The minimum Gasteiger partial charge on any atom is -0.462 e. The summed E-state index contributed by atoms with van der Waals surface area (Å²) in [4.78, 5) is 11.5. The number of halogens is 1. The van der Waals surface area contributed by atoms with Gasteiger partial charge in [-0.05, 0) is 38.0 Å². The fraction of sp³-hybridized carbons (Fsp3) is 0.364. The molecule has 3 heteroatoms. The van der Waals surface area contributed by atoms with E-state index in [2.05, 4.69) is 15.9 Å². The molecule has 0 saturated carbocycles. The van der Waals surface area contributed by atoms with Crippen molar-refractivity contribution in [2.45, 2.75) is 20.8 Å². The maximum atomic E-state index is 11.5. The second kappa shape index (κ2) is 4.60. The quantitative estimate of drug-likeness (QED) is 0.760. The van der Waals surface area contributed by atoms with Crippen LogP contribution >= 0.6 is 15.9 Å². The van der Waals surface area contributed by atoms with Crippen LogP contribution in [0.2, 0.25) is 0 Å². The summed E-state index contributed by atoms with van der Waals surface area (Å²) in [5.74, 6) is -0.259. The van der Waals surface area contributed by atoms with E-state index in [9.17, 15) is 4.79 Å². The van der Waals surface area contributed by atoms with Gasteiger partial charge in [0, 0.05) is 4.47 Å². The lowest BCUT2D eigenvalue weighted by atomic mass is 10.1. The van der Waals surface area contributed by atoms with Crippen LogP contribution in [0.1, 0.15) is 28.4 Å². The number of carbonyl (C=O) groups is 1. The maximum Gasteiger partial charge on any atom is 0.338 e. The second-order valence-electron chi connectivity index (χ2n) is 3.14. The number of hydrogen-bond acceptors (Lipinski definition) is 2. The smallest absolute Gasteiger partial charge is 0.338 e. The Morgan fingerprint density at radius 3 is 2.57 bits per heavy atom. The summed E-state index contributed by atoms with van der Waals surface area (Å²) in [5, 5.41) is 0. The molecule has 1 rings (SSSR count). The van der Waals surface area contributed by atoms with Crippen LogP contribution in [0.4, 0.5) is 0 Å². The van der Waals surface area contributed by atoms with Gasteiger partial charge in [0.05, 0.1) is 12.2 Å². The Labute approximate surface area is 92.4 Å². The van der Waals surface area contributed by atoms with Gasteiger partial charge in [0.2, 0.25) is 0 Å². The van der Waals surface area contributed by atoms with Gasteiger partial charge < -0.3 is 4.74 Å². The van der Waals surface area contributed by atoms with Crippen molar-refractivity contribution in [3.05, 3.63) is 33.3 Å². The molecule has 0 aliphatic rings. The van der Waals surface area contributed by atoms with E-state index in [1.807, 2.05) is 26.0 Å². The zero-order valence-electron chi connectivity index (χ0n) is 8.56. The standard InChI is InChI=1S/C11H13BrO2/c1-4-14-11(13)9-6-10(12)8(3)5-7(9)2/h5-6H,4H2,1-3H3. The molecule has 0 aromatic heterocycles. The summed E-state index contributed by atoms with van der Waals surface area (Å²) in [6.07, 6.45) is 0. The van der Waals surface area contributed by atoms with Crippen molar-refractivity contribution in [2.24, 2.45) is 0 Å². The third kappa shape index (κ3) is 2.35. The van der Waals surface area contributed by atoms with Gasteiger partial charge >= 0.3 is 5.97 Å². The fourth-order valence-electron chi connectivity index (χ4n) is 1.25. The van der Waals surface area contributed by atoms with E-state index in [0.29, 0.717) is 12.2 Å². The highest BCUT2D eigenvalue weighted by atomic mass is 79.9. The largest absolute Gasteiger partial charge is 0.462 e. The number of aryl methyl sites for hydroxylation is 2. The van der Waals surface area contributed by atoms with Gasteiger partial charge in [-0.2, -0.15) is 0 Å². The van der Waals surface area contributed by atoms with E-state index in [1.165, 1.54) is 0 Å².